The molecule has 0 N–H and O–H groups in total. The summed E-state index contributed by atoms with van der Waals surface area (Å²) in [5, 5.41) is 0. The molecule has 15 heavy (non-hydrogen) atoms. The van der Waals surface area contributed by atoms with Crippen molar-refractivity contribution in [3.63, 3.8) is 0 Å². The number of carbonyl (C=O) groups excluding carboxylic acids is 1. The Hall–Kier alpha value is -1.09. The average Bonchev–Trinajstić information content (AvgIpc) is 2.83. The number of carbonyl (C=O) groups is 1. The highest BCUT2D eigenvalue weighted by Gasteiger charge is 2.33. The third kappa shape index (κ3) is 1.19. The van der Waals surface area contributed by atoms with Gasteiger partial charge in [0.05, 0.1) is 5.70 Å². The van der Waals surface area contributed by atoms with Gasteiger partial charge in [-0.1, -0.05) is 6.92 Å². The Morgan fingerprint density at radius 1 is 1.53 bits per heavy atom. The molecule has 0 aromatic heterocycles. The molecule has 0 saturated carbocycles. The molecule has 0 aromatic carbocycles. The number of ketones is 1. The highest BCUT2D eigenvalue weighted by Crippen LogP contribution is 2.44. The van der Waals surface area contributed by atoms with Gasteiger partial charge < -0.3 is 0 Å². The lowest BCUT2D eigenvalue weighted by Gasteiger charge is -2.12. The number of nitrogens with zero attached hydrogens (tertiary/aromatic N) is 1. The van der Waals surface area contributed by atoms with Crippen LogP contribution in [-0.4, -0.2) is 17.8 Å². The van der Waals surface area contributed by atoms with Crippen molar-refractivity contribution in [3.05, 3.63) is 33.4 Å². The Morgan fingerprint density at radius 3 is 3.20 bits per heavy atom. The molecule has 2 aliphatic heterocycles. The molecule has 0 spiro atoms. The van der Waals surface area contributed by atoms with E-state index in [-0.39, 0.29) is 5.78 Å². The van der Waals surface area contributed by atoms with Crippen LogP contribution in [0.25, 0.3) is 0 Å². The second-order valence-corrected chi connectivity index (χ2v) is 4.86. The number of fused-ring (bicyclic) bond motifs is 1. The van der Waals surface area contributed by atoms with E-state index in [0.29, 0.717) is 6.42 Å². The summed E-state index contributed by atoms with van der Waals surface area (Å²) in [6.07, 6.45) is 5.60. The summed E-state index contributed by atoms with van der Waals surface area (Å²) < 4.78 is 0. The van der Waals surface area contributed by atoms with E-state index in [0.717, 1.165) is 33.9 Å². The summed E-state index contributed by atoms with van der Waals surface area (Å²) >= 11 is 1.77. The van der Waals surface area contributed by atoms with Gasteiger partial charge in [-0.3, -0.25) is 9.79 Å². The molecule has 2 heterocycles. The Morgan fingerprint density at radius 2 is 2.40 bits per heavy atom. The van der Waals surface area contributed by atoms with Crippen LogP contribution in [-0.2, 0) is 4.79 Å². The first-order chi connectivity index (χ1) is 7.31. The molecule has 0 saturated heterocycles. The van der Waals surface area contributed by atoms with Crippen molar-refractivity contribution in [3.8, 4) is 0 Å². The number of hydrogen-bond acceptors (Lipinski definition) is 3. The maximum Gasteiger partial charge on any atom is 0.192 e. The van der Waals surface area contributed by atoms with Crippen LogP contribution in [0.15, 0.2) is 38.4 Å². The summed E-state index contributed by atoms with van der Waals surface area (Å²) in [5.74, 6) is 1.20. The third-order valence-electron chi connectivity index (χ3n) is 3.03. The third-order valence-corrected chi connectivity index (χ3v) is 4.16. The highest BCUT2D eigenvalue weighted by atomic mass is 32.2. The summed E-state index contributed by atoms with van der Waals surface area (Å²) in [6.45, 7) is 2.12. The number of allylic oxidation sites excluding steroid dienone is 3. The maximum atomic E-state index is 12.2. The smallest absolute Gasteiger partial charge is 0.192 e. The van der Waals surface area contributed by atoms with Crippen LogP contribution in [0, 0.1) is 0 Å². The van der Waals surface area contributed by atoms with Crippen LogP contribution >= 0.6 is 11.8 Å². The Labute approximate surface area is 92.8 Å². The first-order valence-corrected chi connectivity index (χ1v) is 6.17. The van der Waals surface area contributed by atoms with Gasteiger partial charge in [0.15, 0.2) is 5.78 Å². The number of hydrogen-bond donors (Lipinski definition) is 0. The second kappa shape index (κ2) is 3.20. The highest BCUT2D eigenvalue weighted by molar-refractivity contribution is 8.03. The Bertz CT molecular complexity index is 480. The minimum Gasteiger partial charge on any atom is -0.289 e. The van der Waals surface area contributed by atoms with Gasteiger partial charge in [-0.2, -0.15) is 0 Å². The number of thioether (sulfide) groups is 1. The normalized spacial score (nSPS) is 23.5. The van der Waals surface area contributed by atoms with Crippen LogP contribution in [0.4, 0.5) is 0 Å². The Balaban J connectivity index is 2.15. The van der Waals surface area contributed by atoms with E-state index in [1.165, 1.54) is 5.57 Å². The predicted octanol–water partition coefficient (Wildman–Crippen LogP) is 2.64. The van der Waals surface area contributed by atoms with Gasteiger partial charge in [0.1, 0.15) is 0 Å². The summed E-state index contributed by atoms with van der Waals surface area (Å²) in [6, 6.07) is 0. The fraction of sp³-hybridized carbons (Fsp3) is 0.333. The molecule has 3 heteroatoms. The molecule has 0 atom stereocenters. The lowest BCUT2D eigenvalue weighted by Crippen LogP contribution is -2.11. The molecule has 76 valence electrons. The maximum absolute atomic E-state index is 12.2. The van der Waals surface area contributed by atoms with Crippen LogP contribution in [0.5, 0.6) is 0 Å². The second-order valence-electron chi connectivity index (χ2n) is 3.84. The van der Waals surface area contributed by atoms with Crippen molar-refractivity contribution < 1.29 is 4.79 Å². The SMILES string of the molecule is CCC1=C2C(=O)C3=C(C=C2SC1)N=CC3. The van der Waals surface area contributed by atoms with Gasteiger partial charge in [0.2, 0.25) is 0 Å². The first kappa shape index (κ1) is 9.16. The summed E-state index contributed by atoms with van der Waals surface area (Å²) in [4.78, 5) is 17.6. The first-order valence-electron chi connectivity index (χ1n) is 5.18. The largest absolute Gasteiger partial charge is 0.289 e. The van der Waals surface area contributed by atoms with E-state index in [2.05, 4.69) is 18.0 Å². The lowest BCUT2D eigenvalue weighted by atomic mass is 9.91. The molecular weight excluding hydrogens is 206 g/mol. The zero-order valence-electron chi connectivity index (χ0n) is 8.54. The molecule has 3 aliphatic rings. The number of aliphatic imine (C=N–C) groups is 1. The topological polar surface area (TPSA) is 29.4 Å². The van der Waals surface area contributed by atoms with E-state index in [4.69, 9.17) is 0 Å². The molecule has 0 amide bonds. The van der Waals surface area contributed by atoms with Crippen molar-refractivity contribution in [1.29, 1.82) is 0 Å². The van der Waals surface area contributed by atoms with E-state index in [9.17, 15) is 4.79 Å². The number of rotatable bonds is 1. The zero-order chi connectivity index (χ0) is 10.4. The van der Waals surface area contributed by atoms with Gasteiger partial charge >= 0.3 is 0 Å². The number of Topliss-reactive ketones (excluding diaryl/α,β-unsaturated/α-hetero) is 1. The van der Waals surface area contributed by atoms with Crippen LogP contribution in [0.2, 0.25) is 0 Å². The Kier molecular flexibility index (Phi) is 1.96. The fourth-order valence-corrected chi connectivity index (χ4v) is 3.43. The molecule has 0 bridgehead atoms. The molecule has 1 aliphatic carbocycles. The molecule has 2 nitrogen and oxygen atoms in total. The van der Waals surface area contributed by atoms with Crippen molar-refractivity contribution >= 4 is 23.8 Å². The summed E-state index contributed by atoms with van der Waals surface area (Å²) in [7, 11) is 0. The van der Waals surface area contributed by atoms with Gasteiger partial charge in [0, 0.05) is 34.4 Å². The van der Waals surface area contributed by atoms with Crippen LogP contribution in [0.1, 0.15) is 19.8 Å². The summed E-state index contributed by atoms with van der Waals surface area (Å²) in [5.41, 5.74) is 4.06. The molecule has 0 radical (unpaired) electrons. The van der Waals surface area contributed by atoms with Crippen molar-refractivity contribution in [2.45, 2.75) is 19.8 Å². The molecule has 0 aromatic rings. The van der Waals surface area contributed by atoms with Gasteiger partial charge in [0.25, 0.3) is 0 Å². The predicted molar refractivity (Wildman–Crippen MR) is 63.0 cm³/mol. The zero-order valence-corrected chi connectivity index (χ0v) is 9.36. The fourth-order valence-electron chi connectivity index (χ4n) is 2.17. The molecular formula is C12H11NOS. The van der Waals surface area contributed by atoms with Crippen LogP contribution in [0.3, 0.4) is 0 Å². The van der Waals surface area contributed by atoms with Crippen LogP contribution < -0.4 is 0 Å². The van der Waals surface area contributed by atoms with E-state index < -0.39 is 0 Å². The van der Waals surface area contributed by atoms with Crippen molar-refractivity contribution in [2.24, 2.45) is 4.99 Å². The van der Waals surface area contributed by atoms with Crippen molar-refractivity contribution in [1.82, 2.24) is 0 Å². The monoisotopic (exact) mass is 217 g/mol. The minimum absolute atomic E-state index is 0.224. The molecule has 0 fully saturated rings. The quantitative estimate of drug-likeness (QED) is 0.675. The molecule has 3 rings (SSSR count). The van der Waals surface area contributed by atoms with E-state index >= 15 is 0 Å². The van der Waals surface area contributed by atoms with E-state index in [1.54, 1.807) is 11.8 Å². The minimum atomic E-state index is 0.224. The average molecular weight is 217 g/mol. The van der Waals surface area contributed by atoms with Gasteiger partial charge in [-0.25, -0.2) is 0 Å². The standard InChI is InChI=1S/C12H11NOS/c1-2-7-6-15-10-5-9-8(3-4-13-9)12(14)11(7)10/h4-5H,2-3,6H2,1H3. The molecule has 0 unspecified atom stereocenters. The van der Waals surface area contributed by atoms with Crippen molar-refractivity contribution in [2.75, 3.05) is 5.75 Å². The van der Waals surface area contributed by atoms with Gasteiger partial charge in [-0.05, 0) is 18.1 Å². The van der Waals surface area contributed by atoms with Gasteiger partial charge in [-0.15, -0.1) is 11.8 Å². The van der Waals surface area contributed by atoms with E-state index in [1.807, 2.05) is 6.21 Å². The lowest BCUT2D eigenvalue weighted by molar-refractivity contribution is -0.112.